The van der Waals surface area contributed by atoms with Crippen LogP contribution in [0, 0.1) is 0 Å². The molecule has 19 heavy (non-hydrogen) atoms. The van der Waals surface area contributed by atoms with Gasteiger partial charge in [-0.15, -0.1) is 0 Å². The summed E-state index contributed by atoms with van der Waals surface area (Å²) in [7, 11) is 1.77. The first-order valence-electron chi connectivity index (χ1n) is 7.04. The average molecular weight is 259 g/mol. The number of benzene rings is 1. The van der Waals surface area contributed by atoms with E-state index in [0.29, 0.717) is 0 Å². The Bertz CT molecular complexity index is 522. The van der Waals surface area contributed by atoms with Crippen molar-refractivity contribution in [2.75, 3.05) is 7.11 Å². The van der Waals surface area contributed by atoms with Crippen molar-refractivity contribution in [3.63, 3.8) is 0 Å². The zero-order valence-corrected chi connectivity index (χ0v) is 11.4. The molecule has 1 unspecified atom stereocenters. The molecule has 0 radical (unpaired) electrons. The Morgan fingerprint density at radius 2 is 1.95 bits per heavy atom. The van der Waals surface area contributed by atoms with Crippen molar-refractivity contribution < 1.29 is 9.15 Å². The van der Waals surface area contributed by atoms with Gasteiger partial charge in [0, 0.05) is 12.5 Å². The van der Waals surface area contributed by atoms with Crippen LogP contribution in [-0.2, 0) is 4.74 Å². The summed E-state index contributed by atoms with van der Waals surface area (Å²) in [5.41, 5.74) is 7.10. The summed E-state index contributed by atoms with van der Waals surface area (Å²) in [6, 6.07) is 9.88. The fourth-order valence-electron chi connectivity index (χ4n) is 3.21. The summed E-state index contributed by atoms with van der Waals surface area (Å²) in [6.07, 6.45) is 5.67. The van der Waals surface area contributed by atoms with E-state index < -0.39 is 0 Å². The van der Waals surface area contributed by atoms with Crippen LogP contribution >= 0.6 is 0 Å². The van der Waals surface area contributed by atoms with E-state index in [4.69, 9.17) is 14.9 Å². The molecule has 2 aromatic rings. The third-order valence-corrected chi connectivity index (χ3v) is 4.42. The van der Waals surface area contributed by atoms with E-state index in [-0.39, 0.29) is 11.6 Å². The van der Waals surface area contributed by atoms with Gasteiger partial charge in [-0.05, 0) is 25.0 Å². The Morgan fingerprint density at radius 3 is 2.63 bits per heavy atom. The van der Waals surface area contributed by atoms with Crippen molar-refractivity contribution in [1.29, 1.82) is 0 Å². The molecule has 1 aliphatic carbocycles. The summed E-state index contributed by atoms with van der Waals surface area (Å²) in [6.45, 7) is 0. The highest BCUT2D eigenvalue weighted by molar-refractivity contribution is 5.77. The lowest BCUT2D eigenvalue weighted by atomic mass is 9.78. The highest BCUT2D eigenvalue weighted by atomic mass is 16.5. The SMILES string of the molecule is COC1(C(N)c2cc3ccccc3o2)CCCCC1. The number of methoxy groups -OCH3 is 1. The number of nitrogens with two attached hydrogens (primary N) is 1. The van der Waals surface area contributed by atoms with E-state index in [0.717, 1.165) is 29.6 Å². The van der Waals surface area contributed by atoms with Gasteiger partial charge in [0.2, 0.25) is 0 Å². The molecule has 1 fully saturated rings. The maximum atomic E-state index is 6.46. The van der Waals surface area contributed by atoms with Crippen molar-refractivity contribution in [3.05, 3.63) is 36.1 Å². The maximum absolute atomic E-state index is 6.46. The van der Waals surface area contributed by atoms with Crippen LogP contribution in [0.25, 0.3) is 11.0 Å². The van der Waals surface area contributed by atoms with E-state index in [1.807, 2.05) is 18.2 Å². The smallest absolute Gasteiger partial charge is 0.134 e. The number of fused-ring (bicyclic) bond motifs is 1. The van der Waals surface area contributed by atoms with Crippen LogP contribution in [0.5, 0.6) is 0 Å². The zero-order valence-electron chi connectivity index (χ0n) is 11.4. The standard InChI is InChI=1S/C16H21NO2/c1-18-16(9-5-2-6-10-16)15(17)14-11-12-7-3-4-8-13(12)19-14/h3-4,7-8,11,15H,2,5-6,9-10,17H2,1H3. The third-order valence-electron chi connectivity index (χ3n) is 4.42. The molecule has 1 aromatic carbocycles. The predicted octanol–water partition coefficient (Wildman–Crippen LogP) is 3.78. The molecule has 3 rings (SSSR count). The Labute approximate surface area is 113 Å². The van der Waals surface area contributed by atoms with Gasteiger partial charge in [0.15, 0.2) is 0 Å². The number of furan rings is 1. The van der Waals surface area contributed by atoms with E-state index >= 15 is 0 Å². The monoisotopic (exact) mass is 259 g/mol. The zero-order chi connectivity index (χ0) is 13.3. The topological polar surface area (TPSA) is 48.4 Å². The number of hydrogen-bond donors (Lipinski definition) is 1. The van der Waals surface area contributed by atoms with Crippen LogP contribution in [0.3, 0.4) is 0 Å². The highest BCUT2D eigenvalue weighted by Crippen LogP contribution is 2.40. The van der Waals surface area contributed by atoms with Crippen molar-refractivity contribution in [3.8, 4) is 0 Å². The molecule has 1 heterocycles. The first kappa shape index (κ1) is 12.7. The van der Waals surface area contributed by atoms with Gasteiger partial charge in [0.1, 0.15) is 11.3 Å². The number of para-hydroxylation sites is 1. The second kappa shape index (κ2) is 4.99. The molecule has 3 nitrogen and oxygen atoms in total. The van der Waals surface area contributed by atoms with Crippen molar-refractivity contribution in [2.24, 2.45) is 5.73 Å². The highest BCUT2D eigenvalue weighted by Gasteiger charge is 2.40. The molecular weight excluding hydrogens is 238 g/mol. The molecule has 0 spiro atoms. The van der Waals surface area contributed by atoms with Crippen LogP contribution in [0.1, 0.15) is 43.9 Å². The second-order valence-corrected chi connectivity index (χ2v) is 5.49. The minimum atomic E-state index is -0.258. The Kier molecular flexibility index (Phi) is 3.33. The van der Waals surface area contributed by atoms with Crippen LogP contribution in [0.2, 0.25) is 0 Å². The molecule has 0 aliphatic heterocycles. The Morgan fingerprint density at radius 1 is 1.21 bits per heavy atom. The van der Waals surface area contributed by atoms with Gasteiger partial charge in [0.05, 0.1) is 11.6 Å². The molecule has 0 amide bonds. The molecule has 1 atom stereocenters. The van der Waals surface area contributed by atoms with Gasteiger partial charge in [-0.25, -0.2) is 0 Å². The Hall–Kier alpha value is -1.32. The molecule has 102 valence electrons. The quantitative estimate of drug-likeness (QED) is 0.912. The van der Waals surface area contributed by atoms with E-state index in [1.54, 1.807) is 7.11 Å². The summed E-state index contributed by atoms with van der Waals surface area (Å²) in [5, 5.41) is 1.11. The lowest BCUT2D eigenvalue weighted by Gasteiger charge is -2.39. The minimum absolute atomic E-state index is 0.190. The largest absolute Gasteiger partial charge is 0.459 e. The van der Waals surface area contributed by atoms with E-state index in [2.05, 4.69) is 12.1 Å². The summed E-state index contributed by atoms with van der Waals surface area (Å²) in [4.78, 5) is 0. The predicted molar refractivity (Wildman–Crippen MR) is 76.0 cm³/mol. The molecular formula is C16H21NO2. The van der Waals surface area contributed by atoms with Gasteiger partial charge < -0.3 is 14.9 Å². The second-order valence-electron chi connectivity index (χ2n) is 5.49. The summed E-state index contributed by atoms with van der Waals surface area (Å²) >= 11 is 0. The summed E-state index contributed by atoms with van der Waals surface area (Å²) < 4.78 is 11.7. The molecule has 1 aliphatic rings. The van der Waals surface area contributed by atoms with Gasteiger partial charge in [0.25, 0.3) is 0 Å². The van der Waals surface area contributed by atoms with Gasteiger partial charge in [-0.3, -0.25) is 0 Å². The van der Waals surface area contributed by atoms with Crippen molar-refractivity contribution in [2.45, 2.75) is 43.7 Å². The lowest BCUT2D eigenvalue weighted by Crippen LogP contribution is -2.44. The van der Waals surface area contributed by atoms with Crippen LogP contribution < -0.4 is 5.73 Å². The molecule has 0 saturated heterocycles. The maximum Gasteiger partial charge on any atom is 0.134 e. The fraction of sp³-hybridized carbons (Fsp3) is 0.500. The minimum Gasteiger partial charge on any atom is -0.459 e. The fourth-order valence-corrected chi connectivity index (χ4v) is 3.21. The molecule has 1 aromatic heterocycles. The molecule has 1 saturated carbocycles. The van der Waals surface area contributed by atoms with Crippen molar-refractivity contribution in [1.82, 2.24) is 0 Å². The van der Waals surface area contributed by atoms with E-state index in [1.165, 1.54) is 19.3 Å². The lowest BCUT2D eigenvalue weighted by molar-refractivity contribution is -0.0634. The first-order valence-corrected chi connectivity index (χ1v) is 7.04. The number of ether oxygens (including phenoxy) is 1. The average Bonchev–Trinajstić information content (AvgIpc) is 2.91. The van der Waals surface area contributed by atoms with Crippen LogP contribution in [-0.4, -0.2) is 12.7 Å². The molecule has 3 heteroatoms. The number of rotatable bonds is 3. The third kappa shape index (κ3) is 2.17. The summed E-state index contributed by atoms with van der Waals surface area (Å²) in [5.74, 6) is 0.838. The number of hydrogen-bond acceptors (Lipinski definition) is 3. The van der Waals surface area contributed by atoms with Crippen LogP contribution in [0.15, 0.2) is 34.7 Å². The first-order chi connectivity index (χ1) is 9.25. The van der Waals surface area contributed by atoms with Gasteiger partial charge >= 0.3 is 0 Å². The van der Waals surface area contributed by atoms with Gasteiger partial charge in [-0.1, -0.05) is 37.5 Å². The molecule has 2 N–H and O–H groups in total. The van der Waals surface area contributed by atoms with E-state index in [9.17, 15) is 0 Å². The van der Waals surface area contributed by atoms with Gasteiger partial charge in [-0.2, -0.15) is 0 Å². The molecule has 0 bridgehead atoms. The van der Waals surface area contributed by atoms with Crippen LogP contribution in [0.4, 0.5) is 0 Å². The van der Waals surface area contributed by atoms with Crippen molar-refractivity contribution >= 4 is 11.0 Å². The normalized spacial score (nSPS) is 20.5. The Balaban J connectivity index is 1.95.